The van der Waals surface area contributed by atoms with E-state index in [1.807, 2.05) is 0 Å². The maximum Gasteiger partial charge on any atom is 1.00 e. The van der Waals surface area contributed by atoms with E-state index >= 15 is 0 Å². The van der Waals surface area contributed by atoms with Gasteiger partial charge < -0.3 is 0 Å². The molecule has 0 heterocycles. The molecule has 0 fully saturated rings. The average molecular weight is 130 g/mol. The van der Waals surface area contributed by atoms with Crippen LogP contribution in [0.2, 0.25) is 0 Å². The summed E-state index contributed by atoms with van der Waals surface area (Å²) in [5.74, 6) is 0. The maximum absolute atomic E-state index is 8.08. The summed E-state index contributed by atoms with van der Waals surface area (Å²) in [5.41, 5.74) is -2.14. The third kappa shape index (κ3) is 3.77. The van der Waals surface area contributed by atoms with Crippen molar-refractivity contribution in [1.82, 2.24) is 0 Å². The van der Waals surface area contributed by atoms with Crippen LogP contribution in [0.5, 0.6) is 0 Å². The molecule has 0 aliphatic rings. The second-order valence-electron chi connectivity index (χ2n) is 1.12. The largest absolute Gasteiger partial charge is 1.00 e. The van der Waals surface area contributed by atoms with Crippen LogP contribution in [-0.2, 0) is 0 Å². The molecule has 0 rings (SSSR count). The third-order valence-corrected chi connectivity index (χ3v) is 0.635. The molecule has 0 aliphatic carbocycles. The van der Waals surface area contributed by atoms with Gasteiger partial charge in [0.05, 0.1) is 0 Å². The first-order valence-electron chi connectivity index (χ1n) is 1.84. The van der Waals surface area contributed by atoms with E-state index in [2.05, 4.69) is 9.69 Å². The van der Waals surface area contributed by atoms with E-state index < -0.39 is 5.66 Å². The van der Waals surface area contributed by atoms with Crippen LogP contribution in [0.15, 0.2) is 0 Å². The standard InChI is InChI=1S/C5N4.2Li/c1-8-5(3-6,4-7)9-2;;/q;2*+1. The van der Waals surface area contributed by atoms with Crippen LogP contribution in [-0.4, -0.2) is 5.66 Å². The molecule has 0 aromatic carbocycles. The number of nitrogens with zero attached hydrogens (tertiary/aromatic N) is 4. The van der Waals surface area contributed by atoms with Crippen molar-refractivity contribution in [2.24, 2.45) is 0 Å². The van der Waals surface area contributed by atoms with Gasteiger partial charge in [0, 0.05) is 0 Å². The second-order valence-corrected chi connectivity index (χ2v) is 1.12. The molecule has 0 saturated carbocycles. The SMILES string of the molecule is [C-]#[N+]C(C#N)(C#N)[N+]#[C-].[Li+].[Li+]. The summed E-state index contributed by atoms with van der Waals surface area (Å²) in [6.07, 6.45) is 0. The zero-order valence-corrected chi connectivity index (χ0v) is 6.29. The van der Waals surface area contributed by atoms with E-state index in [1.54, 1.807) is 0 Å². The van der Waals surface area contributed by atoms with Crippen molar-refractivity contribution in [1.29, 1.82) is 10.5 Å². The van der Waals surface area contributed by atoms with E-state index in [-0.39, 0.29) is 37.7 Å². The third-order valence-electron chi connectivity index (χ3n) is 0.635. The van der Waals surface area contributed by atoms with Crippen molar-refractivity contribution >= 4 is 0 Å². The van der Waals surface area contributed by atoms with Gasteiger partial charge in [0.2, 0.25) is 0 Å². The number of rotatable bonds is 0. The first-order chi connectivity index (χ1) is 4.24. The first-order valence-corrected chi connectivity index (χ1v) is 1.84. The van der Waals surface area contributed by atoms with E-state index in [0.717, 1.165) is 0 Å². The molecule has 0 atom stereocenters. The van der Waals surface area contributed by atoms with Gasteiger partial charge in [-0.15, -0.1) is 0 Å². The van der Waals surface area contributed by atoms with Gasteiger partial charge >= 0.3 is 43.4 Å². The van der Waals surface area contributed by atoms with Crippen LogP contribution in [0.1, 0.15) is 0 Å². The topological polar surface area (TPSA) is 56.3 Å². The van der Waals surface area contributed by atoms with Gasteiger partial charge in [0.25, 0.3) is 12.1 Å². The van der Waals surface area contributed by atoms with Crippen LogP contribution in [0.25, 0.3) is 9.69 Å². The quantitative estimate of drug-likeness (QED) is 0.242. The summed E-state index contributed by atoms with van der Waals surface area (Å²) in [7, 11) is 0. The smallest absolute Gasteiger partial charge is 0.222 e. The predicted molar refractivity (Wildman–Crippen MR) is 27.2 cm³/mol. The van der Waals surface area contributed by atoms with E-state index in [1.165, 1.54) is 12.1 Å². The summed E-state index contributed by atoms with van der Waals surface area (Å²) in [6, 6.07) is 2.59. The van der Waals surface area contributed by atoms with Gasteiger partial charge in [0.1, 0.15) is 0 Å². The minimum Gasteiger partial charge on any atom is -0.222 e. The molecule has 0 spiro atoms. The molecular weight excluding hydrogens is 130 g/mol. The molecule has 11 heavy (non-hydrogen) atoms. The Morgan fingerprint density at radius 2 is 1.27 bits per heavy atom. The minimum atomic E-state index is -2.14. The van der Waals surface area contributed by atoms with Crippen molar-refractivity contribution in [3.63, 3.8) is 0 Å². The van der Waals surface area contributed by atoms with Gasteiger partial charge in [-0.05, 0) is 0 Å². The fourth-order valence-corrected chi connectivity index (χ4v) is 0.150. The van der Waals surface area contributed by atoms with Crippen LogP contribution in [0, 0.1) is 35.8 Å². The summed E-state index contributed by atoms with van der Waals surface area (Å²) in [5, 5.41) is 16.2. The Hall–Kier alpha value is -0.845. The van der Waals surface area contributed by atoms with E-state index in [0.29, 0.717) is 0 Å². The molecule has 0 aromatic rings. The van der Waals surface area contributed by atoms with Crippen LogP contribution in [0.3, 0.4) is 0 Å². The van der Waals surface area contributed by atoms with Crippen molar-refractivity contribution < 1.29 is 37.7 Å². The average Bonchev–Trinajstić information content (AvgIpc) is 1.95. The van der Waals surface area contributed by atoms with Gasteiger partial charge in [-0.3, -0.25) is 0 Å². The maximum atomic E-state index is 8.08. The second kappa shape index (κ2) is 7.26. The zero-order chi connectivity index (χ0) is 7.33. The monoisotopic (exact) mass is 130 g/mol. The Bertz CT molecular complexity index is 209. The number of hydrogen-bond acceptors (Lipinski definition) is 2. The molecule has 0 radical (unpaired) electrons. The first kappa shape index (κ1) is 16.6. The van der Waals surface area contributed by atoms with Gasteiger partial charge in [-0.2, -0.15) is 10.5 Å². The molecule has 40 valence electrons. The summed E-state index contributed by atoms with van der Waals surface area (Å²) in [6.45, 7) is 12.5. The van der Waals surface area contributed by atoms with Gasteiger partial charge in [0.15, 0.2) is 0 Å². The summed E-state index contributed by atoms with van der Waals surface area (Å²) < 4.78 is 0. The molecule has 0 aromatic heterocycles. The van der Waals surface area contributed by atoms with Crippen molar-refractivity contribution in [3.8, 4) is 12.1 Å². The molecule has 4 nitrogen and oxygen atoms in total. The molecule has 0 saturated heterocycles. The minimum absolute atomic E-state index is 0. The van der Waals surface area contributed by atoms with Gasteiger partial charge in [-0.25, -0.2) is 22.8 Å². The van der Waals surface area contributed by atoms with E-state index in [4.69, 9.17) is 23.7 Å². The predicted octanol–water partition coefficient (Wildman–Crippen LogP) is -5.42. The van der Waals surface area contributed by atoms with Crippen LogP contribution < -0.4 is 37.7 Å². The Balaban J connectivity index is -0.000000320. The summed E-state index contributed by atoms with van der Waals surface area (Å²) >= 11 is 0. The zero-order valence-electron chi connectivity index (χ0n) is 6.29. The molecule has 0 amide bonds. The summed E-state index contributed by atoms with van der Waals surface area (Å²) in [4.78, 5) is 5.10. The Morgan fingerprint density at radius 1 is 1.00 bits per heavy atom. The fourth-order valence-electron chi connectivity index (χ4n) is 0.150. The molecule has 6 heteroatoms. The Morgan fingerprint density at radius 3 is 1.27 bits per heavy atom. The van der Waals surface area contributed by atoms with E-state index in [9.17, 15) is 0 Å². The van der Waals surface area contributed by atoms with Crippen LogP contribution in [0.4, 0.5) is 0 Å². The van der Waals surface area contributed by atoms with Crippen molar-refractivity contribution in [2.45, 2.75) is 5.66 Å². The molecule has 0 N–H and O–H groups in total. The molecule has 0 unspecified atom stereocenters. The number of nitriles is 2. The Kier molecular flexibility index (Phi) is 11.0. The van der Waals surface area contributed by atoms with Crippen LogP contribution >= 0.6 is 0 Å². The fraction of sp³-hybridized carbons (Fsp3) is 0.200. The molecular formula is C5Li2N4+2. The van der Waals surface area contributed by atoms with Crippen molar-refractivity contribution in [2.75, 3.05) is 0 Å². The normalized spacial score (nSPS) is 6.18. The molecule has 0 bridgehead atoms. The number of hydrogen-bond donors (Lipinski definition) is 0. The molecule has 0 aliphatic heterocycles. The van der Waals surface area contributed by atoms with Gasteiger partial charge in [-0.1, -0.05) is 0 Å². The van der Waals surface area contributed by atoms with Crippen molar-refractivity contribution in [3.05, 3.63) is 22.8 Å². The Labute approximate surface area is 88.8 Å².